The first-order valence-electron chi connectivity index (χ1n) is 7.64. The molecule has 0 aliphatic rings. The molecule has 0 radical (unpaired) electrons. The molecule has 0 spiro atoms. The Hall–Kier alpha value is -2.82. The molecule has 5 heteroatoms. The lowest BCUT2D eigenvalue weighted by Crippen LogP contribution is -2.31. The molecule has 126 valence electrons. The Morgan fingerprint density at radius 2 is 1.46 bits per heavy atom. The average Bonchev–Trinajstić information content (AvgIpc) is 2.59. The van der Waals surface area contributed by atoms with Crippen LogP contribution in [-0.2, 0) is 9.53 Å². The van der Waals surface area contributed by atoms with E-state index < -0.39 is 12.1 Å². The first kappa shape index (κ1) is 17.5. The molecule has 2 aromatic rings. The number of carbonyl (C=O) groups is 2. The third-order valence-corrected chi connectivity index (χ3v) is 3.61. The van der Waals surface area contributed by atoms with Gasteiger partial charge in [0.15, 0.2) is 0 Å². The van der Waals surface area contributed by atoms with Crippen molar-refractivity contribution in [2.24, 2.45) is 0 Å². The van der Waals surface area contributed by atoms with Crippen molar-refractivity contribution in [2.75, 3.05) is 33.1 Å². The first-order chi connectivity index (χ1) is 11.4. The van der Waals surface area contributed by atoms with Gasteiger partial charge < -0.3 is 14.5 Å². The quantitative estimate of drug-likeness (QED) is 0.793. The molecule has 0 saturated heterocycles. The molecule has 0 aromatic heterocycles. The van der Waals surface area contributed by atoms with Gasteiger partial charge in [0.25, 0.3) is 5.91 Å². The van der Waals surface area contributed by atoms with Gasteiger partial charge in [0.1, 0.15) is 0 Å². The third kappa shape index (κ3) is 4.13. The van der Waals surface area contributed by atoms with Crippen LogP contribution < -0.4 is 4.90 Å². The molecule has 0 saturated carbocycles. The van der Waals surface area contributed by atoms with Crippen LogP contribution >= 0.6 is 0 Å². The number of esters is 1. The van der Waals surface area contributed by atoms with Crippen LogP contribution in [0.3, 0.4) is 0 Å². The highest BCUT2D eigenvalue weighted by atomic mass is 16.5. The molecule has 2 aromatic carbocycles. The summed E-state index contributed by atoms with van der Waals surface area (Å²) in [6, 6.07) is 16.1. The molecule has 1 amide bonds. The lowest BCUT2D eigenvalue weighted by Gasteiger charge is -2.21. The lowest BCUT2D eigenvalue weighted by atomic mass is 10.1. The van der Waals surface area contributed by atoms with Crippen molar-refractivity contribution in [3.63, 3.8) is 0 Å². The number of carbonyl (C=O) groups excluding carboxylic acids is 2. The summed E-state index contributed by atoms with van der Waals surface area (Å²) in [6.45, 7) is 0. The number of benzene rings is 2. The van der Waals surface area contributed by atoms with Crippen molar-refractivity contribution < 1.29 is 14.3 Å². The van der Waals surface area contributed by atoms with E-state index in [0.29, 0.717) is 11.1 Å². The lowest BCUT2D eigenvalue weighted by molar-refractivity contribution is -0.138. The summed E-state index contributed by atoms with van der Waals surface area (Å²) in [5, 5.41) is 0. The number of ether oxygens (including phenoxy) is 1. The number of likely N-dealkylation sites (N-methyl/N-ethyl adjacent to an activating group) is 1. The van der Waals surface area contributed by atoms with Crippen LogP contribution in [0.2, 0.25) is 0 Å². The molecule has 24 heavy (non-hydrogen) atoms. The summed E-state index contributed by atoms with van der Waals surface area (Å²) < 4.78 is 5.50. The van der Waals surface area contributed by atoms with Crippen LogP contribution in [0.15, 0.2) is 54.6 Å². The SMILES string of the molecule is CN(C)C(=O)C(OC(=O)c1ccc(N(C)C)cc1)c1ccccc1. The van der Waals surface area contributed by atoms with E-state index in [1.54, 1.807) is 38.4 Å². The summed E-state index contributed by atoms with van der Waals surface area (Å²) in [4.78, 5) is 28.2. The van der Waals surface area contributed by atoms with Gasteiger partial charge in [-0.25, -0.2) is 4.79 Å². The molecule has 5 nitrogen and oxygen atoms in total. The fraction of sp³-hybridized carbons (Fsp3) is 0.263. The number of rotatable bonds is 5. The second-order valence-corrected chi connectivity index (χ2v) is 5.87. The Kier molecular flexibility index (Phi) is 5.58. The summed E-state index contributed by atoms with van der Waals surface area (Å²) in [5.41, 5.74) is 2.04. The Morgan fingerprint density at radius 1 is 0.875 bits per heavy atom. The minimum Gasteiger partial charge on any atom is -0.444 e. The fourth-order valence-corrected chi connectivity index (χ4v) is 2.19. The van der Waals surface area contributed by atoms with E-state index in [1.165, 1.54) is 4.90 Å². The maximum absolute atomic E-state index is 12.4. The molecule has 0 N–H and O–H groups in total. The van der Waals surface area contributed by atoms with E-state index in [1.807, 2.05) is 49.3 Å². The van der Waals surface area contributed by atoms with E-state index in [0.717, 1.165) is 5.69 Å². The predicted molar refractivity (Wildman–Crippen MR) is 94.1 cm³/mol. The summed E-state index contributed by atoms with van der Waals surface area (Å²) in [7, 11) is 7.12. The molecule has 0 bridgehead atoms. The van der Waals surface area contributed by atoms with Crippen molar-refractivity contribution in [3.8, 4) is 0 Å². The van der Waals surface area contributed by atoms with Crippen molar-refractivity contribution in [1.29, 1.82) is 0 Å². The zero-order chi connectivity index (χ0) is 17.7. The fourth-order valence-electron chi connectivity index (χ4n) is 2.19. The Labute approximate surface area is 142 Å². The van der Waals surface area contributed by atoms with Gasteiger partial charge in [-0.3, -0.25) is 4.79 Å². The number of amides is 1. The van der Waals surface area contributed by atoms with E-state index in [4.69, 9.17) is 4.74 Å². The Morgan fingerprint density at radius 3 is 1.96 bits per heavy atom. The molecular weight excluding hydrogens is 304 g/mol. The highest BCUT2D eigenvalue weighted by Gasteiger charge is 2.26. The van der Waals surface area contributed by atoms with Gasteiger partial charge in [-0.15, -0.1) is 0 Å². The third-order valence-electron chi connectivity index (χ3n) is 3.61. The Balaban J connectivity index is 2.22. The highest BCUT2D eigenvalue weighted by molar-refractivity contribution is 5.93. The number of hydrogen-bond acceptors (Lipinski definition) is 4. The molecule has 0 fully saturated rings. The van der Waals surface area contributed by atoms with E-state index in [9.17, 15) is 9.59 Å². The smallest absolute Gasteiger partial charge is 0.339 e. The van der Waals surface area contributed by atoms with Crippen LogP contribution in [0.1, 0.15) is 22.0 Å². The van der Waals surface area contributed by atoms with Crippen LogP contribution in [0.4, 0.5) is 5.69 Å². The van der Waals surface area contributed by atoms with Gasteiger partial charge >= 0.3 is 5.97 Å². The average molecular weight is 326 g/mol. The van der Waals surface area contributed by atoms with Gasteiger partial charge in [-0.05, 0) is 24.3 Å². The zero-order valence-corrected chi connectivity index (χ0v) is 14.4. The molecule has 0 heterocycles. The van der Waals surface area contributed by atoms with Gasteiger partial charge in [0.05, 0.1) is 5.56 Å². The maximum atomic E-state index is 12.4. The van der Waals surface area contributed by atoms with Gasteiger partial charge in [-0.2, -0.15) is 0 Å². The van der Waals surface area contributed by atoms with Crippen LogP contribution in [0, 0.1) is 0 Å². The monoisotopic (exact) mass is 326 g/mol. The molecule has 0 aliphatic carbocycles. The molecular formula is C19H22N2O3. The van der Waals surface area contributed by atoms with Gasteiger partial charge in [0, 0.05) is 39.4 Å². The van der Waals surface area contributed by atoms with E-state index >= 15 is 0 Å². The molecule has 1 atom stereocenters. The number of nitrogens with zero attached hydrogens (tertiary/aromatic N) is 2. The second kappa shape index (κ2) is 7.64. The minimum absolute atomic E-state index is 0.278. The zero-order valence-electron chi connectivity index (χ0n) is 14.4. The first-order valence-corrected chi connectivity index (χ1v) is 7.64. The largest absolute Gasteiger partial charge is 0.444 e. The Bertz CT molecular complexity index is 694. The minimum atomic E-state index is -0.956. The van der Waals surface area contributed by atoms with Crippen LogP contribution in [0.25, 0.3) is 0 Å². The van der Waals surface area contributed by atoms with Crippen molar-refractivity contribution in [1.82, 2.24) is 4.90 Å². The van der Waals surface area contributed by atoms with Crippen LogP contribution in [-0.4, -0.2) is 45.0 Å². The summed E-state index contributed by atoms with van der Waals surface area (Å²) in [6.07, 6.45) is -0.956. The van der Waals surface area contributed by atoms with Gasteiger partial charge in [0.2, 0.25) is 6.10 Å². The number of hydrogen-bond donors (Lipinski definition) is 0. The second-order valence-electron chi connectivity index (χ2n) is 5.87. The molecule has 1 unspecified atom stereocenters. The summed E-state index contributed by atoms with van der Waals surface area (Å²) in [5.74, 6) is -0.802. The topological polar surface area (TPSA) is 49.9 Å². The van der Waals surface area contributed by atoms with Crippen molar-refractivity contribution in [3.05, 3.63) is 65.7 Å². The van der Waals surface area contributed by atoms with Crippen LogP contribution in [0.5, 0.6) is 0 Å². The van der Waals surface area contributed by atoms with Crippen molar-refractivity contribution >= 4 is 17.6 Å². The predicted octanol–water partition coefficient (Wildman–Crippen LogP) is 2.74. The summed E-state index contributed by atoms with van der Waals surface area (Å²) >= 11 is 0. The van der Waals surface area contributed by atoms with E-state index in [2.05, 4.69) is 0 Å². The molecule has 2 rings (SSSR count). The normalized spacial score (nSPS) is 11.5. The highest BCUT2D eigenvalue weighted by Crippen LogP contribution is 2.22. The van der Waals surface area contributed by atoms with Crippen molar-refractivity contribution in [2.45, 2.75) is 6.10 Å². The number of anilines is 1. The maximum Gasteiger partial charge on any atom is 0.339 e. The molecule has 0 aliphatic heterocycles. The van der Waals surface area contributed by atoms with E-state index in [-0.39, 0.29) is 5.91 Å². The van der Waals surface area contributed by atoms with Gasteiger partial charge in [-0.1, -0.05) is 30.3 Å². The standard InChI is InChI=1S/C19H22N2O3/c1-20(2)16-12-10-15(11-13-16)19(23)24-17(18(22)21(3)4)14-8-6-5-7-9-14/h5-13,17H,1-4H3.